The number of ether oxygens (including phenoxy) is 16. The number of carbonyl (C=O) groups excluding carboxylic acids is 7. The molecular weight excluding hydrogens is 1720 g/mol. The molecule has 4 N–H and O–H groups in total. The van der Waals surface area contributed by atoms with Crippen LogP contribution in [0.25, 0.3) is 22.3 Å². The first-order valence-corrected chi connectivity index (χ1v) is 41.0. The highest BCUT2D eigenvalue weighted by molar-refractivity contribution is 7.48. The number of aromatic nitrogens is 10. The molecule has 3 saturated heterocycles. The third-order valence-corrected chi connectivity index (χ3v) is 20.5. The summed E-state index contributed by atoms with van der Waals surface area (Å²) < 4.78 is 159. The third-order valence-electron chi connectivity index (χ3n) is 18.1. The van der Waals surface area contributed by atoms with Crippen LogP contribution < -0.4 is 26.4 Å². The smallest absolute Gasteiger partial charge is 0.497 e. The van der Waals surface area contributed by atoms with Gasteiger partial charge in [-0.3, -0.25) is 52.3 Å². The van der Waals surface area contributed by atoms with Crippen LogP contribution in [0.2, 0.25) is 0 Å². The Morgan fingerprint density at radius 2 is 0.850 bits per heavy atom. The van der Waals surface area contributed by atoms with Gasteiger partial charge in [0.2, 0.25) is 0 Å². The molecule has 47 heteroatoms. The van der Waals surface area contributed by atoms with Gasteiger partial charge in [-0.05, 0) is 34.9 Å². The van der Waals surface area contributed by atoms with Crippen LogP contribution in [0.5, 0.6) is 5.75 Å². The summed E-state index contributed by atoms with van der Waals surface area (Å²) in [6.45, 7) is 22.1. The highest BCUT2D eigenvalue weighted by atomic mass is 31.2. The normalized spacial score (nSPS) is 20.9. The number of nitrogens with one attached hydrogen (secondary N) is 3. The molecule has 127 heavy (non-hydrogen) atoms. The van der Waals surface area contributed by atoms with Crippen LogP contribution in [0.4, 0.5) is 51.0 Å². The molecule has 2 unspecified atom stereocenters. The molecule has 14 atom stereocenters. The van der Waals surface area contributed by atoms with Crippen LogP contribution in [0.3, 0.4) is 0 Å². The number of imidazole rings is 2. The van der Waals surface area contributed by atoms with Crippen molar-refractivity contribution in [3.8, 4) is 5.75 Å². The summed E-state index contributed by atoms with van der Waals surface area (Å²) in [4.78, 5) is 150. The second-order valence-electron chi connectivity index (χ2n) is 26.2. The minimum absolute atomic E-state index is 0.122. The van der Waals surface area contributed by atoms with Gasteiger partial charge in [-0.1, -0.05) is 167 Å². The van der Waals surface area contributed by atoms with Gasteiger partial charge in [-0.25, -0.2) is 77.4 Å². The average molecular weight is 1800 g/mol. The van der Waals surface area contributed by atoms with Gasteiger partial charge >= 0.3 is 64.2 Å². The summed E-state index contributed by atoms with van der Waals surface area (Å²) in [7, 11) is -10.3. The van der Waals surface area contributed by atoms with Crippen molar-refractivity contribution in [1.29, 1.82) is 0 Å². The van der Waals surface area contributed by atoms with Crippen LogP contribution >= 0.6 is 15.6 Å². The monoisotopic (exact) mass is 1800 g/mol. The molecule has 0 saturated carbocycles. The van der Waals surface area contributed by atoms with Gasteiger partial charge in [0.1, 0.15) is 107 Å². The molecule has 5 aromatic heterocycles. The number of phosphoric acid groups is 2. The van der Waals surface area contributed by atoms with Crippen LogP contribution in [-0.4, -0.2) is 231 Å². The fraction of sp³-hybridized carbons (Fsp3) is 0.312. The van der Waals surface area contributed by atoms with Gasteiger partial charge in [-0.15, -0.1) is 6.58 Å². The lowest BCUT2D eigenvalue weighted by molar-refractivity contribution is -0.0956. The molecule has 672 valence electrons. The molecule has 8 aromatic rings. The highest BCUT2D eigenvalue weighted by Crippen LogP contribution is 2.58. The van der Waals surface area contributed by atoms with E-state index in [0.717, 1.165) is 57.3 Å². The summed E-state index contributed by atoms with van der Waals surface area (Å²) >= 11 is 0. The number of hydrogen-bond donors (Lipinski definition) is 4. The number of anilines is 3. The highest BCUT2D eigenvalue weighted by Gasteiger charge is 2.59. The van der Waals surface area contributed by atoms with E-state index in [1.54, 1.807) is 84.9 Å². The number of benzene rings is 3. The first kappa shape index (κ1) is 94.0. The molecule has 8 heterocycles. The lowest BCUT2D eigenvalue weighted by atomic mass is 9.80. The Balaban J connectivity index is 1.06. The van der Waals surface area contributed by atoms with Crippen LogP contribution in [0, 0.1) is 0 Å². The summed E-state index contributed by atoms with van der Waals surface area (Å²) in [6.07, 6.45) is -17.9. The molecule has 3 amide bonds. The number of amides is 3. The third kappa shape index (κ3) is 23.7. The lowest BCUT2D eigenvalue weighted by Crippen LogP contribution is -2.43. The summed E-state index contributed by atoms with van der Waals surface area (Å²) in [6, 6.07) is 25.4. The summed E-state index contributed by atoms with van der Waals surface area (Å²) in [5.41, 5.74) is -2.27. The van der Waals surface area contributed by atoms with Gasteiger partial charge in [0.15, 0.2) is 77.1 Å². The van der Waals surface area contributed by atoms with Crippen molar-refractivity contribution in [2.75, 3.05) is 95.7 Å². The Morgan fingerprint density at radius 3 is 1.29 bits per heavy atom. The molecule has 3 fully saturated rings. The maximum Gasteiger partial charge on any atom is 0.509 e. The standard InChI is InChI=1S/C80H85N13O32P2/c1-10-34-106-73(95)88-56-32-33-91(72(94)87-56)69-62(122-78(100)111-39-15-6)60(121-77(99)110-38-14-5)55(118-69)44-116-127(104,114-41-17-8)125-61-53(42-113-80(49-24-20-18-21-25-49,50-26-22-19-23-27-50)51-28-30-52(105-9)31-29-51)117-71(93-48-86-58-66(82-46-84-68(58)93)90-75(97)108-36-12-3)64(61)124-126(102,103)115-43-54-59(120-76(98)109-37-13-4)63(123-79(101)112-40-16-7)70(119-54)92-47-85-57-65(81-45-83-67(57)92)89-74(96)107-35-11-2/h10-33,45-48,53-55,59-64,69-71H,1-8,34-44H2,9H3,(H,102,103)(H,81,83,89,96)(H,82,84,90,97)(H,87,88,94,95)/t53-,54-,55-,59-,60-,61-,62-,63-,64-,69-,70-,71-,127?/m1/s1. The van der Waals surface area contributed by atoms with Gasteiger partial charge in [-0.2, -0.15) is 4.98 Å². The Bertz CT molecular complexity index is 5400. The number of hydrogen-bond acceptors (Lipinski definition) is 38. The van der Waals surface area contributed by atoms with Crippen molar-refractivity contribution < 1.29 is 146 Å². The van der Waals surface area contributed by atoms with Gasteiger partial charge in [0, 0.05) is 6.20 Å². The Hall–Kier alpha value is -13.7. The molecule has 0 aliphatic carbocycles. The van der Waals surface area contributed by atoms with E-state index >= 15 is 9.13 Å². The summed E-state index contributed by atoms with van der Waals surface area (Å²) in [5, 5.41) is 7.18. The molecule has 3 aromatic carbocycles. The van der Waals surface area contributed by atoms with Crippen molar-refractivity contribution in [2.24, 2.45) is 0 Å². The fourth-order valence-electron chi connectivity index (χ4n) is 12.8. The van der Waals surface area contributed by atoms with Crippen LogP contribution in [0.1, 0.15) is 35.4 Å². The average Bonchev–Trinajstić information content (AvgIpc) is 1.37. The largest absolute Gasteiger partial charge is 0.509 e. The topological polar surface area (TPSA) is 526 Å². The van der Waals surface area contributed by atoms with Crippen LogP contribution in [-0.2, 0) is 108 Å². The molecule has 0 radical (unpaired) electrons. The SMILES string of the molecule is C=CCOC(=O)Nc1ccn([C@@H]2O[C@H](COP(=O)(OCC=C)O[C@H]3[C@@H](OP(=O)(O)OC[C@H]4O[C@@H](n5cnc6c(NC(=O)OCC=C)ncnc65)[C@H](OC(=O)OCC=C)[C@@H]4OC(=O)OCC=C)[C@H](n4cnc5c(NC(=O)OCC=C)ncnc54)O[C@@H]3COC(c3ccccc3)(c3ccccc3)c3ccc(OC)cc3)[C@@H](OC(=O)OCC=C)[C@H]2OC(=O)OCC=C)c(=O)n1. The van der Waals surface area contributed by atoms with Crippen molar-refractivity contribution in [3.63, 3.8) is 0 Å². The van der Waals surface area contributed by atoms with E-state index in [-0.39, 0.29) is 59.6 Å². The lowest BCUT2D eigenvalue weighted by Gasteiger charge is -2.37. The zero-order valence-corrected chi connectivity index (χ0v) is 69.3. The number of phosphoric ester groups is 2. The number of fused-ring (bicyclic) bond motifs is 2. The van der Waals surface area contributed by atoms with E-state index in [1.807, 2.05) is 0 Å². The van der Waals surface area contributed by atoms with Crippen molar-refractivity contribution >= 4 is 98.3 Å². The van der Waals surface area contributed by atoms with Gasteiger partial charge in [0.25, 0.3) is 0 Å². The van der Waals surface area contributed by atoms with E-state index in [0.29, 0.717) is 22.4 Å². The number of carbonyl (C=O) groups is 7. The van der Waals surface area contributed by atoms with Crippen molar-refractivity contribution in [2.45, 2.75) is 79.2 Å². The van der Waals surface area contributed by atoms with E-state index in [9.17, 15) is 43.2 Å². The fourth-order valence-corrected chi connectivity index (χ4v) is 15.1. The maximum absolute atomic E-state index is 16.6. The maximum atomic E-state index is 16.6. The second-order valence-corrected chi connectivity index (χ2v) is 29.3. The molecule has 3 aliphatic rings. The molecule has 3 aliphatic heterocycles. The predicted octanol–water partition coefficient (Wildman–Crippen LogP) is 10.9. The van der Waals surface area contributed by atoms with Gasteiger partial charge < -0.3 is 80.7 Å². The Kier molecular flexibility index (Phi) is 33.1. The number of rotatable bonds is 44. The minimum atomic E-state index is -6.08. The Labute approximate surface area is 721 Å². The Morgan fingerprint density at radius 1 is 0.449 bits per heavy atom. The van der Waals surface area contributed by atoms with E-state index in [2.05, 4.69) is 103 Å². The first-order chi connectivity index (χ1) is 61.4. The quantitative estimate of drug-likeness (QED) is 0.00906. The zero-order valence-electron chi connectivity index (χ0n) is 67.5. The first-order valence-electron chi connectivity index (χ1n) is 38.0. The molecule has 11 rings (SSSR count). The number of nitrogens with zero attached hydrogens (tertiary/aromatic N) is 10. The van der Waals surface area contributed by atoms with Crippen LogP contribution in [0.15, 0.2) is 229 Å². The van der Waals surface area contributed by atoms with Crippen molar-refractivity contribution in [1.82, 2.24) is 48.6 Å². The van der Waals surface area contributed by atoms with Crippen molar-refractivity contribution in [3.05, 3.63) is 251 Å². The van der Waals surface area contributed by atoms with Gasteiger partial charge in [0.05, 0.1) is 46.2 Å². The molecule has 0 spiro atoms. The zero-order chi connectivity index (χ0) is 90.6. The van der Waals surface area contributed by atoms with E-state index in [1.165, 1.54) is 49.6 Å². The second kappa shape index (κ2) is 44.8. The molecule has 0 bridgehead atoms. The summed E-state index contributed by atoms with van der Waals surface area (Å²) in [5.74, 6) is -0.414. The van der Waals surface area contributed by atoms with E-state index in [4.69, 9.17) is 98.4 Å². The minimum Gasteiger partial charge on any atom is -0.497 e. The molecule has 45 nitrogen and oxygen atoms in total. The molecular formula is C80H85N13O32P2. The van der Waals surface area contributed by atoms with E-state index < -0.39 is 196 Å². The number of methoxy groups -OCH3 is 1. The predicted molar refractivity (Wildman–Crippen MR) is 439 cm³/mol.